The molecule has 0 saturated carbocycles. The molecule has 0 bridgehead atoms. The van der Waals surface area contributed by atoms with Crippen molar-refractivity contribution in [3.05, 3.63) is 24.3 Å². The lowest BCUT2D eigenvalue weighted by molar-refractivity contribution is -0.137. The van der Waals surface area contributed by atoms with Crippen LogP contribution in [-0.2, 0) is 4.79 Å². The Kier molecular flexibility index (Phi) is 21.1. The molecule has 0 aromatic heterocycles. The molecule has 0 unspecified atom stereocenters. The summed E-state index contributed by atoms with van der Waals surface area (Å²) in [7, 11) is 0. The summed E-state index contributed by atoms with van der Waals surface area (Å²) < 4.78 is 0. The predicted octanol–water partition coefficient (Wildman–Crippen LogP) is 8.23. The van der Waals surface area contributed by atoms with Crippen molar-refractivity contribution in [3.8, 4) is 0 Å². The van der Waals surface area contributed by atoms with Crippen molar-refractivity contribution in [2.45, 2.75) is 122 Å². The number of carboxylic acid groups (broad SMARTS) is 1. The topological polar surface area (TPSA) is 37.3 Å². The standard InChI is InChI=1S/C18H34O2.C6H10/c1-2-3-4-5-6-7-8-9-10-11-12-13-14-15-16-17-18(19)20;1-2-4-6-5-3-1/h9-10H,2-8,11-17H2,1H3,(H,19,20);1-2H,3-6H2/b10-9-;. The van der Waals surface area contributed by atoms with E-state index in [0.29, 0.717) is 6.42 Å². The molecule has 1 aliphatic rings. The van der Waals surface area contributed by atoms with Crippen LogP contribution in [0.25, 0.3) is 0 Å². The Morgan fingerprint density at radius 1 is 0.769 bits per heavy atom. The third kappa shape index (κ3) is 22.9. The lowest BCUT2D eigenvalue weighted by atomic mass is 10.1. The summed E-state index contributed by atoms with van der Waals surface area (Å²) in [5.41, 5.74) is 0. The number of rotatable bonds is 15. The van der Waals surface area contributed by atoms with Crippen molar-refractivity contribution < 1.29 is 9.90 Å². The molecule has 0 aromatic rings. The SMILES string of the molecule is C1=CCCCC1.CCCCCCCC/C=C\CCCCCCCC(=O)O. The summed E-state index contributed by atoms with van der Waals surface area (Å²) in [6.45, 7) is 2.26. The second-order valence-electron chi connectivity index (χ2n) is 7.48. The van der Waals surface area contributed by atoms with Crippen molar-refractivity contribution >= 4 is 5.97 Å². The highest BCUT2D eigenvalue weighted by atomic mass is 16.4. The molecule has 2 heteroatoms. The highest BCUT2D eigenvalue weighted by molar-refractivity contribution is 5.66. The predicted molar refractivity (Wildman–Crippen MR) is 115 cm³/mol. The zero-order valence-corrected chi connectivity index (χ0v) is 17.4. The van der Waals surface area contributed by atoms with Gasteiger partial charge >= 0.3 is 5.97 Å². The molecule has 0 aromatic carbocycles. The van der Waals surface area contributed by atoms with E-state index in [2.05, 4.69) is 31.2 Å². The third-order valence-electron chi connectivity index (χ3n) is 4.81. The molecule has 2 nitrogen and oxygen atoms in total. The zero-order chi connectivity index (χ0) is 19.1. The molecule has 0 saturated heterocycles. The van der Waals surface area contributed by atoms with Crippen LogP contribution in [0.2, 0.25) is 0 Å². The number of carboxylic acids is 1. The first-order valence-electron chi connectivity index (χ1n) is 11.3. The lowest BCUT2D eigenvalue weighted by Crippen LogP contribution is -1.93. The molecular weight excluding hydrogens is 320 g/mol. The maximum atomic E-state index is 10.3. The number of unbranched alkanes of at least 4 members (excludes halogenated alkanes) is 11. The maximum Gasteiger partial charge on any atom is 0.303 e. The third-order valence-corrected chi connectivity index (χ3v) is 4.81. The maximum absolute atomic E-state index is 10.3. The minimum Gasteiger partial charge on any atom is -0.481 e. The number of carbonyl (C=O) groups is 1. The smallest absolute Gasteiger partial charge is 0.303 e. The Hall–Kier alpha value is -1.05. The summed E-state index contributed by atoms with van der Waals surface area (Å²) >= 11 is 0. The van der Waals surface area contributed by atoms with Gasteiger partial charge in [-0.3, -0.25) is 4.79 Å². The van der Waals surface area contributed by atoms with E-state index in [9.17, 15) is 4.79 Å². The first-order chi connectivity index (χ1) is 12.8. The monoisotopic (exact) mass is 364 g/mol. The minimum absolute atomic E-state index is 0.332. The first-order valence-corrected chi connectivity index (χ1v) is 11.3. The molecule has 1 N–H and O–H groups in total. The van der Waals surface area contributed by atoms with E-state index in [1.54, 1.807) is 0 Å². The molecule has 152 valence electrons. The molecule has 0 aliphatic heterocycles. The van der Waals surface area contributed by atoms with Gasteiger partial charge in [0.25, 0.3) is 0 Å². The fraction of sp³-hybridized carbons (Fsp3) is 0.792. The summed E-state index contributed by atoms with van der Waals surface area (Å²) in [6.07, 6.45) is 31.2. The first kappa shape index (κ1) is 24.9. The van der Waals surface area contributed by atoms with Crippen molar-refractivity contribution in [1.29, 1.82) is 0 Å². The number of hydrogen-bond donors (Lipinski definition) is 1. The van der Waals surface area contributed by atoms with E-state index < -0.39 is 5.97 Å². The molecule has 1 aliphatic carbocycles. The quantitative estimate of drug-likeness (QED) is 0.235. The molecular formula is C24H44O2. The molecule has 0 amide bonds. The van der Waals surface area contributed by atoms with Crippen LogP contribution in [0.15, 0.2) is 24.3 Å². The average Bonchev–Trinajstić information content (AvgIpc) is 2.66. The van der Waals surface area contributed by atoms with Crippen LogP contribution < -0.4 is 0 Å². The van der Waals surface area contributed by atoms with Gasteiger partial charge in [0.05, 0.1) is 0 Å². The van der Waals surface area contributed by atoms with Crippen molar-refractivity contribution in [2.24, 2.45) is 0 Å². The van der Waals surface area contributed by atoms with E-state index in [0.717, 1.165) is 12.8 Å². The van der Waals surface area contributed by atoms with Crippen LogP contribution >= 0.6 is 0 Å². The summed E-state index contributed by atoms with van der Waals surface area (Å²) in [5, 5.41) is 8.51. The van der Waals surface area contributed by atoms with E-state index in [4.69, 9.17) is 5.11 Å². The zero-order valence-electron chi connectivity index (χ0n) is 17.4. The summed E-state index contributed by atoms with van der Waals surface area (Å²) in [4.78, 5) is 10.3. The molecule has 0 atom stereocenters. The largest absolute Gasteiger partial charge is 0.481 e. The van der Waals surface area contributed by atoms with Gasteiger partial charge in [-0.2, -0.15) is 0 Å². The van der Waals surface area contributed by atoms with Gasteiger partial charge in [-0.1, -0.05) is 82.6 Å². The Morgan fingerprint density at radius 3 is 1.65 bits per heavy atom. The van der Waals surface area contributed by atoms with Gasteiger partial charge in [-0.25, -0.2) is 0 Å². The number of hydrogen-bond acceptors (Lipinski definition) is 1. The van der Waals surface area contributed by atoms with Gasteiger partial charge in [-0.05, 0) is 57.8 Å². The van der Waals surface area contributed by atoms with E-state index >= 15 is 0 Å². The highest BCUT2D eigenvalue weighted by Crippen LogP contribution is 2.10. The molecule has 0 radical (unpaired) electrons. The Bertz CT molecular complexity index is 336. The second kappa shape index (κ2) is 22.0. The van der Waals surface area contributed by atoms with E-state index in [-0.39, 0.29) is 0 Å². The Morgan fingerprint density at radius 2 is 1.23 bits per heavy atom. The van der Waals surface area contributed by atoms with Crippen LogP contribution in [0.5, 0.6) is 0 Å². The fourth-order valence-corrected chi connectivity index (χ4v) is 3.11. The number of allylic oxidation sites excluding steroid dienone is 4. The van der Waals surface area contributed by atoms with Crippen LogP contribution in [0.1, 0.15) is 122 Å². The minimum atomic E-state index is -0.664. The Labute approximate surface area is 163 Å². The molecule has 1 rings (SSSR count). The molecule has 26 heavy (non-hydrogen) atoms. The summed E-state index contributed by atoms with van der Waals surface area (Å²) in [6, 6.07) is 0. The molecule has 0 heterocycles. The lowest BCUT2D eigenvalue weighted by Gasteiger charge is -1.99. The summed E-state index contributed by atoms with van der Waals surface area (Å²) in [5.74, 6) is -0.664. The van der Waals surface area contributed by atoms with Gasteiger partial charge in [0, 0.05) is 6.42 Å². The average molecular weight is 365 g/mol. The fourth-order valence-electron chi connectivity index (χ4n) is 3.11. The second-order valence-corrected chi connectivity index (χ2v) is 7.48. The highest BCUT2D eigenvalue weighted by Gasteiger charge is 1.95. The Balaban J connectivity index is 0.000000867. The van der Waals surface area contributed by atoms with Crippen LogP contribution in [0.3, 0.4) is 0 Å². The van der Waals surface area contributed by atoms with Gasteiger partial charge < -0.3 is 5.11 Å². The van der Waals surface area contributed by atoms with Crippen LogP contribution in [0.4, 0.5) is 0 Å². The number of aliphatic carboxylic acids is 1. The van der Waals surface area contributed by atoms with Crippen molar-refractivity contribution in [2.75, 3.05) is 0 Å². The van der Waals surface area contributed by atoms with Crippen molar-refractivity contribution in [1.82, 2.24) is 0 Å². The molecule has 0 fully saturated rings. The van der Waals surface area contributed by atoms with Gasteiger partial charge in [-0.15, -0.1) is 0 Å². The van der Waals surface area contributed by atoms with Gasteiger partial charge in [0.2, 0.25) is 0 Å². The normalized spacial score (nSPS) is 13.6. The molecule has 0 spiro atoms. The van der Waals surface area contributed by atoms with Gasteiger partial charge in [0.15, 0.2) is 0 Å². The van der Waals surface area contributed by atoms with E-state index in [1.807, 2.05) is 0 Å². The van der Waals surface area contributed by atoms with Crippen LogP contribution in [0, 0.1) is 0 Å². The van der Waals surface area contributed by atoms with E-state index in [1.165, 1.54) is 96.3 Å². The van der Waals surface area contributed by atoms with Crippen molar-refractivity contribution in [3.63, 3.8) is 0 Å². The van der Waals surface area contributed by atoms with Crippen LogP contribution in [-0.4, -0.2) is 11.1 Å². The van der Waals surface area contributed by atoms with Gasteiger partial charge in [0.1, 0.15) is 0 Å².